The van der Waals surface area contributed by atoms with Crippen LogP contribution in [0.4, 0.5) is 0 Å². The molecule has 1 aromatic heterocycles. The lowest BCUT2D eigenvalue weighted by Crippen LogP contribution is -2.48. The van der Waals surface area contributed by atoms with Gasteiger partial charge in [0.2, 0.25) is 5.91 Å². The monoisotopic (exact) mass is 352 g/mol. The standard InChI is InChI=1S/C19H16N2O3S/c1-13-8-6-7-11-16(13)18(23)20(14(2)22)21-17(12-25-19(21)24)15-9-4-3-5-10-15/h3-12H,1-2H3. The maximum atomic E-state index is 13.0. The molecule has 0 saturated heterocycles. The summed E-state index contributed by atoms with van der Waals surface area (Å²) >= 11 is 0.950. The van der Waals surface area contributed by atoms with Crippen LogP contribution in [0.1, 0.15) is 22.8 Å². The zero-order valence-corrected chi connectivity index (χ0v) is 14.6. The van der Waals surface area contributed by atoms with E-state index in [4.69, 9.17) is 0 Å². The fourth-order valence-electron chi connectivity index (χ4n) is 2.59. The summed E-state index contributed by atoms with van der Waals surface area (Å²) in [6, 6.07) is 16.2. The molecule has 3 rings (SSSR count). The predicted octanol–water partition coefficient (Wildman–Crippen LogP) is 3.21. The number of aryl methyl sites for hydroxylation is 1. The van der Waals surface area contributed by atoms with Gasteiger partial charge in [-0.15, -0.1) is 0 Å². The van der Waals surface area contributed by atoms with Gasteiger partial charge in [-0.1, -0.05) is 59.9 Å². The molecule has 6 heteroatoms. The number of rotatable bonds is 3. The van der Waals surface area contributed by atoms with Crippen molar-refractivity contribution in [1.29, 1.82) is 0 Å². The van der Waals surface area contributed by atoms with Crippen molar-refractivity contribution in [1.82, 2.24) is 4.68 Å². The summed E-state index contributed by atoms with van der Waals surface area (Å²) in [6.45, 7) is 3.06. The van der Waals surface area contributed by atoms with Crippen LogP contribution in [0.25, 0.3) is 11.3 Å². The van der Waals surface area contributed by atoms with E-state index in [0.717, 1.165) is 32.1 Å². The highest BCUT2D eigenvalue weighted by molar-refractivity contribution is 7.07. The molecule has 2 aromatic carbocycles. The number of carbonyl (C=O) groups excluding carboxylic acids is 2. The molecule has 126 valence electrons. The third-order valence-corrected chi connectivity index (χ3v) is 4.52. The highest BCUT2D eigenvalue weighted by atomic mass is 32.1. The van der Waals surface area contributed by atoms with Gasteiger partial charge in [0.05, 0.1) is 5.69 Å². The molecule has 0 radical (unpaired) electrons. The van der Waals surface area contributed by atoms with Crippen molar-refractivity contribution in [2.24, 2.45) is 0 Å². The van der Waals surface area contributed by atoms with Crippen LogP contribution in [-0.4, -0.2) is 16.5 Å². The van der Waals surface area contributed by atoms with E-state index in [2.05, 4.69) is 0 Å². The van der Waals surface area contributed by atoms with E-state index in [-0.39, 0.29) is 0 Å². The second-order valence-electron chi connectivity index (χ2n) is 5.52. The van der Waals surface area contributed by atoms with Crippen molar-refractivity contribution in [3.63, 3.8) is 0 Å². The topological polar surface area (TPSA) is 59.4 Å². The Morgan fingerprint density at radius 3 is 2.28 bits per heavy atom. The minimum absolute atomic E-state index is 0.384. The third-order valence-electron chi connectivity index (χ3n) is 3.81. The van der Waals surface area contributed by atoms with Crippen molar-refractivity contribution in [3.8, 4) is 11.3 Å². The highest BCUT2D eigenvalue weighted by Gasteiger charge is 2.27. The molecule has 0 aliphatic rings. The number of amides is 2. The summed E-state index contributed by atoms with van der Waals surface area (Å²) in [5, 5.41) is 2.56. The quantitative estimate of drug-likeness (QED) is 0.727. The molecule has 0 fully saturated rings. The first kappa shape index (κ1) is 16.9. The Bertz CT molecular complexity index is 989. The van der Waals surface area contributed by atoms with Crippen molar-refractivity contribution >= 4 is 23.2 Å². The van der Waals surface area contributed by atoms with Gasteiger partial charge in [-0.05, 0) is 18.6 Å². The Morgan fingerprint density at radius 1 is 1.00 bits per heavy atom. The van der Waals surface area contributed by atoms with E-state index in [1.165, 1.54) is 6.92 Å². The van der Waals surface area contributed by atoms with Crippen LogP contribution in [0, 0.1) is 6.92 Å². The summed E-state index contributed by atoms with van der Waals surface area (Å²) in [7, 11) is 0. The molecule has 25 heavy (non-hydrogen) atoms. The summed E-state index contributed by atoms with van der Waals surface area (Å²) < 4.78 is 1.15. The molecule has 3 aromatic rings. The number of hydrogen-bond acceptors (Lipinski definition) is 4. The number of carbonyl (C=O) groups is 2. The van der Waals surface area contributed by atoms with Crippen LogP contribution in [-0.2, 0) is 4.79 Å². The van der Waals surface area contributed by atoms with Crippen LogP contribution < -0.4 is 9.88 Å². The van der Waals surface area contributed by atoms with Crippen LogP contribution in [0.15, 0.2) is 64.8 Å². The number of aromatic nitrogens is 1. The lowest BCUT2D eigenvalue weighted by atomic mass is 10.1. The van der Waals surface area contributed by atoms with E-state index in [1.54, 1.807) is 30.5 Å². The fraction of sp³-hybridized carbons (Fsp3) is 0.105. The second kappa shape index (κ2) is 6.86. The summed E-state index contributed by atoms with van der Waals surface area (Å²) in [4.78, 5) is 37.3. The maximum Gasteiger partial charge on any atom is 0.327 e. The first-order valence-electron chi connectivity index (χ1n) is 7.67. The molecule has 0 N–H and O–H groups in total. The largest absolute Gasteiger partial charge is 0.327 e. The molecular formula is C19H16N2O3S. The molecule has 0 atom stereocenters. The SMILES string of the molecule is CC(=O)N(C(=O)c1ccccc1C)n1c(-c2ccccc2)csc1=O. The Morgan fingerprint density at radius 2 is 1.64 bits per heavy atom. The fourth-order valence-corrected chi connectivity index (χ4v) is 3.32. The van der Waals surface area contributed by atoms with Gasteiger partial charge in [0, 0.05) is 23.4 Å². The zero-order valence-electron chi connectivity index (χ0n) is 13.8. The number of thiazole rings is 1. The Labute approximate surface area is 148 Å². The van der Waals surface area contributed by atoms with Crippen molar-refractivity contribution in [3.05, 3.63) is 80.8 Å². The average Bonchev–Trinajstić information content (AvgIpc) is 2.97. The van der Waals surface area contributed by atoms with Crippen LogP contribution in [0.2, 0.25) is 0 Å². The van der Waals surface area contributed by atoms with E-state index in [1.807, 2.05) is 36.4 Å². The first-order chi connectivity index (χ1) is 12.0. The van der Waals surface area contributed by atoms with Gasteiger partial charge in [0.15, 0.2) is 0 Å². The lowest BCUT2D eigenvalue weighted by Gasteiger charge is -2.22. The predicted molar refractivity (Wildman–Crippen MR) is 98.4 cm³/mol. The van der Waals surface area contributed by atoms with Crippen LogP contribution in [0.3, 0.4) is 0 Å². The van der Waals surface area contributed by atoms with Gasteiger partial charge >= 0.3 is 4.87 Å². The molecule has 0 aliphatic carbocycles. The van der Waals surface area contributed by atoms with Crippen molar-refractivity contribution in [2.45, 2.75) is 13.8 Å². The zero-order chi connectivity index (χ0) is 18.0. The second-order valence-corrected chi connectivity index (χ2v) is 6.34. The smallest absolute Gasteiger partial charge is 0.273 e. The molecular weight excluding hydrogens is 336 g/mol. The highest BCUT2D eigenvalue weighted by Crippen LogP contribution is 2.21. The molecule has 2 amide bonds. The molecule has 0 aliphatic heterocycles. The minimum atomic E-state index is -0.525. The number of imide groups is 1. The molecule has 0 bridgehead atoms. The number of benzene rings is 2. The van der Waals surface area contributed by atoms with Gasteiger partial charge in [-0.25, -0.2) is 0 Å². The summed E-state index contributed by atoms with van der Waals surface area (Å²) in [5.41, 5.74) is 2.38. The van der Waals surface area contributed by atoms with E-state index >= 15 is 0 Å². The molecule has 0 saturated carbocycles. The Hall–Kier alpha value is -2.99. The van der Waals surface area contributed by atoms with Gasteiger partial charge in [0.1, 0.15) is 0 Å². The Balaban J connectivity index is 2.17. The summed E-state index contributed by atoms with van der Waals surface area (Å²) in [6.07, 6.45) is 0. The van der Waals surface area contributed by atoms with Crippen LogP contribution >= 0.6 is 11.3 Å². The average molecular weight is 352 g/mol. The lowest BCUT2D eigenvalue weighted by molar-refractivity contribution is -0.117. The maximum absolute atomic E-state index is 13.0. The van der Waals surface area contributed by atoms with Crippen LogP contribution in [0.5, 0.6) is 0 Å². The third kappa shape index (κ3) is 3.16. The van der Waals surface area contributed by atoms with E-state index < -0.39 is 16.7 Å². The number of nitrogens with zero attached hydrogens (tertiary/aromatic N) is 2. The molecule has 5 nitrogen and oxygen atoms in total. The van der Waals surface area contributed by atoms with E-state index in [9.17, 15) is 14.4 Å². The molecule has 0 unspecified atom stereocenters. The van der Waals surface area contributed by atoms with Gasteiger partial charge in [0.25, 0.3) is 5.91 Å². The Kier molecular flexibility index (Phi) is 4.63. The van der Waals surface area contributed by atoms with Crippen molar-refractivity contribution < 1.29 is 9.59 Å². The van der Waals surface area contributed by atoms with Gasteiger partial charge in [-0.2, -0.15) is 9.69 Å². The van der Waals surface area contributed by atoms with Crippen molar-refractivity contribution in [2.75, 3.05) is 5.01 Å². The minimum Gasteiger partial charge on any atom is -0.273 e. The van der Waals surface area contributed by atoms with Gasteiger partial charge in [-0.3, -0.25) is 14.4 Å². The summed E-state index contributed by atoms with van der Waals surface area (Å²) in [5.74, 6) is -1.05. The first-order valence-corrected chi connectivity index (χ1v) is 8.55. The normalized spacial score (nSPS) is 10.5. The molecule has 0 spiro atoms. The van der Waals surface area contributed by atoms with Gasteiger partial charge < -0.3 is 0 Å². The molecule has 1 heterocycles. The van der Waals surface area contributed by atoms with E-state index in [0.29, 0.717) is 11.3 Å². The number of hydrogen-bond donors (Lipinski definition) is 0.